The molecule has 0 aliphatic heterocycles. The number of benzene rings is 2. The predicted octanol–water partition coefficient (Wildman–Crippen LogP) is 4.64. The van der Waals surface area contributed by atoms with Crippen LogP contribution in [-0.2, 0) is 4.79 Å². The molecule has 0 bridgehead atoms. The Kier molecular flexibility index (Phi) is 5.97. The van der Waals surface area contributed by atoms with Gasteiger partial charge in [-0.15, -0.1) is 0 Å². The van der Waals surface area contributed by atoms with Crippen molar-refractivity contribution in [3.63, 3.8) is 0 Å². The van der Waals surface area contributed by atoms with Crippen molar-refractivity contribution in [1.82, 2.24) is 0 Å². The summed E-state index contributed by atoms with van der Waals surface area (Å²) < 4.78 is 5.59. The summed E-state index contributed by atoms with van der Waals surface area (Å²) in [7, 11) is 0. The molecule has 0 saturated heterocycles. The zero-order valence-corrected chi connectivity index (χ0v) is 15.0. The molecule has 1 amide bonds. The van der Waals surface area contributed by atoms with Crippen molar-refractivity contribution in [2.75, 3.05) is 5.32 Å². The van der Waals surface area contributed by atoms with Gasteiger partial charge in [0, 0.05) is 5.69 Å². The Morgan fingerprint density at radius 1 is 1.16 bits per heavy atom. The first kappa shape index (κ1) is 18.3. The SMILES string of the molecule is Cc1cccc(NC(=O)/C(C#N)=C/c2ccc(OC(C)C)cc2)c1C. The van der Waals surface area contributed by atoms with Gasteiger partial charge in [-0.1, -0.05) is 24.3 Å². The fourth-order valence-electron chi connectivity index (χ4n) is 2.31. The summed E-state index contributed by atoms with van der Waals surface area (Å²) in [5.41, 5.74) is 3.61. The molecule has 0 unspecified atom stereocenters. The van der Waals surface area contributed by atoms with E-state index >= 15 is 0 Å². The van der Waals surface area contributed by atoms with Crippen LogP contribution in [0, 0.1) is 25.2 Å². The molecule has 0 aromatic heterocycles. The third-order valence-corrected chi connectivity index (χ3v) is 3.78. The van der Waals surface area contributed by atoms with E-state index in [0.717, 1.165) is 22.4 Å². The minimum Gasteiger partial charge on any atom is -0.491 e. The van der Waals surface area contributed by atoms with Crippen molar-refractivity contribution in [1.29, 1.82) is 5.26 Å². The lowest BCUT2D eigenvalue weighted by atomic mass is 10.1. The zero-order valence-electron chi connectivity index (χ0n) is 15.0. The van der Waals surface area contributed by atoms with Gasteiger partial charge in [-0.05, 0) is 68.7 Å². The summed E-state index contributed by atoms with van der Waals surface area (Å²) >= 11 is 0. The molecule has 1 N–H and O–H groups in total. The quantitative estimate of drug-likeness (QED) is 0.640. The summed E-state index contributed by atoms with van der Waals surface area (Å²) in [6.07, 6.45) is 1.67. The highest BCUT2D eigenvalue weighted by molar-refractivity contribution is 6.10. The van der Waals surface area contributed by atoms with E-state index in [1.165, 1.54) is 0 Å². The van der Waals surface area contributed by atoms with Crippen LogP contribution < -0.4 is 10.1 Å². The number of ether oxygens (including phenoxy) is 1. The number of nitriles is 1. The first-order chi connectivity index (χ1) is 11.9. The van der Waals surface area contributed by atoms with Gasteiger partial charge in [-0.3, -0.25) is 4.79 Å². The van der Waals surface area contributed by atoms with Crippen LogP contribution in [0.1, 0.15) is 30.5 Å². The Morgan fingerprint density at radius 3 is 2.44 bits per heavy atom. The fourth-order valence-corrected chi connectivity index (χ4v) is 2.31. The molecule has 0 aliphatic carbocycles. The van der Waals surface area contributed by atoms with Crippen LogP contribution in [-0.4, -0.2) is 12.0 Å². The molecule has 25 heavy (non-hydrogen) atoms. The highest BCUT2D eigenvalue weighted by atomic mass is 16.5. The van der Waals surface area contributed by atoms with Gasteiger partial charge < -0.3 is 10.1 Å². The minimum atomic E-state index is -0.418. The molecule has 2 rings (SSSR count). The molecule has 0 heterocycles. The van der Waals surface area contributed by atoms with Gasteiger partial charge in [-0.2, -0.15) is 5.26 Å². The standard InChI is InChI=1S/C21H22N2O2/c1-14(2)25-19-10-8-17(9-11-19)12-18(13-22)21(24)23-20-7-5-6-15(3)16(20)4/h5-12,14H,1-4H3,(H,23,24)/b18-12+. The third-order valence-electron chi connectivity index (χ3n) is 3.78. The first-order valence-electron chi connectivity index (χ1n) is 8.16. The molecule has 2 aromatic rings. The summed E-state index contributed by atoms with van der Waals surface area (Å²) in [6, 6.07) is 14.9. The molecule has 0 spiro atoms. The number of carbonyl (C=O) groups is 1. The maximum absolute atomic E-state index is 12.4. The number of rotatable bonds is 5. The smallest absolute Gasteiger partial charge is 0.266 e. The van der Waals surface area contributed by atoms with E-state index in [-0.39, 0.29) is 11.7 Å². The average Bonchev–Trinajstić information content (AvgIpc) is 2.57. The third kappa shape index (κ3) is 4.95. The second kappa shape index (κ2) is 8.16. The second-order valence-electron chi connectivity index (χ2n) is 6.11. The van der Waals surface area contributed by atoms with E-state index in [1.54, 1.807) is 6.08 Å². The molecule has 0 atom stereocenters. The highest BCUT2D eigenvalue weighted by Gasteiger charge is 2.11. The van der Waals surface area contributed by atoms with E-state index in [9.17, 15) is 10.1 Å². The van der Waals surface area contributed by atoms with Crippen LogP contribution in [0.5, 0.6) is 5.75 Å². The Morgan fingerprint density at radius 2 is 1.84 bits per heavy atom. The van der Waals surface area contributed by atoms with Crippen LogP contribution in [0.3, 0.4) is 0 Å². The molecular weight excluding hydrogens is 312 g/mol. The Labute approximate surface area is 148 Å². The van der Waals surface area contributed by atoms with Crippen molar-refractivity contribution >= 4 is 17.7 Å². The van der Waals surface area contributed by atoms with E-state index in [0.29, 0.717) is 5.69 Å². The van der Waals surface area contributed by atoms with E-state index in [4.69, 9.17) is 4.74 Å². The zero-order chi connectivity index (χ0) is 18.4. The second-order valence-corrected chi connectivity index (χ2v) is 6.11. The lowest BCUT2D eigenvalue weighted by Gasteiger charge is -2.10. The normalized spacial score (nSPS) is 11.1. The largest absolute Gasteiger partial charge is 0.491 e. The van der Waals surface area contributed by atoms with Crippen molar-refractivity contribution in [2.24, 2.45) is 0 Å². The van der Waals surface area contributed by atoms with Gasteiger partial charge in [0.2, 0.25) is 0 Å². The van der Waals surface area contributed by atoms with Crippen LogP contribution in [0.4, 0.5) is 5.69 Å². The molecule has 4 heteroatoms. The number of hydrogen-bond acceptors (Lipinski definition) is 3. The summed E-state index contributed by atoms with van der Waals surface area (Å²) in [6.45, 7) is 7.83. The van der Waals surface area contributed by atoms with Crippen LogP contribution in [0.15, 0.2) is 48.0 Å². The van der Waals surface area contributed by atoms with Gasteiger partial charge in [-0.25, -0.2) is 0 Å². The molecule has 0 radical (unpaired) electrons. The van der Waals surface area contributed by atoms with Gasteiger partial charge in [0.25, 0.3) is 5.91 Å². The number of hydrogen-bond donors (Lipinski definition) is 1. The van der Waals surface area contributed by atoms with E-state index < -0.39 is 5.91 Å². The maximum atomic E-state index is 12.4. The summed E-state index contributed by atoms with van der Waals surface area (Å²) in [5, 5.41) is 12.1. The molecule has 128 valence electrons. The Bertz CT molecular complexity index is 828. The highest BCUT2D eigenvalue weighted by Crippen LogP contribution is 2.20. The first-order valence-corrected chi connectivity index (χ1v) is 8.16. The topological polar surface area (TPSA) is 62.1 Å². The van der Waals surface area contributed by atoms with Crippen LogP contribution in [0.2, 0.25) is 0 Å². The maximum Gasteiger partial charge on any atom is 0.266 e. The monoisotopic (exact) mass is 334 g/mol. The summed E-state index contributed by atoms with van der Waals surface area (Å²) in [4.78, 5) is 12.4. The van der Waals surface area contributed by atoms with E-state index in [1.807, 2.05) is 76.2 Å². The number of aryl methyl sites for hydroxylation is 1. The van der Waals surface area contributed by atoms with Gasteiger partial charge in [0.05, 0.1) is 6.10 Å². The van der Waals surface area contributed by atoms with Crippen molar-refractivity contribution < 1.29 is 9.53 Å². The molecular formula is C21H22N2O2. The molecule has 0 fully saturated rings. The van der Waals surface area contributed by atoms with Gasteiger partial charge in [0.15, 0.2) is 0 Å². The Balaban J connectivity index is 2.18. The molecule has 2 aromatic carbocycles. The lowest BCUT2D eigenvalue weighted by Crippen LogP contribution is -2.14. The number of anilines is 1. The van der Waals surface area contributed by atoms with E-state index in [2.05, 4.69) is 5.32 Å². The van der Waals surface area contributed by atoms with Crippen molar-refractivity contribution in [3.05, 3.63) is 64.7 Å². The average molecular weight is 334 g/mol. The minimum absolute atomic E-state index is 0.0541. The van der Waals surface area contributed by atoms with Gasteiger partial charge >= 0.3 is 0 Å². The number of nitrogens with zero attached hydrogens (tertiary/aromatic N) is 1. The molecule has 0 aliphatic rings. The Hall–Kier alpha value is -3.06. The van der Waals surface area contributed by atoms with Gasteiger partial charge in [0.1, 0.15) is 17.4 Å². The predicted molar refractivity (Wildman–Crippen MR) is 100 cm³/mol. The van der Waals surface area contributed by atoms with Crippen LogP contribution >= 0.6 is 0 Å². The van der Waals surface area contributed by atoms with Crippen molar-refractivity contribution in [2.45, 2.75) is 33.8 Å². The lowest BCUT2D eigenvalue weighted by molar-refractivity contribution is -0.112. The summed E-state index contributed by atoms with van der Waals surface area (Å²) in [5.74, 6) is 0.337. The van der Waals surface area contributed by atoms with Crippen molar-refractivity contribution in [3.8, 4) is 11.8 Å². The van der Waals surface area contributed by atoms with Crippen LogP contribution in [0.25, 0.3) is 6.08 Å². The fraction of sp³-hybridized carbons (Fsp3) is 0.238. The number of nitrogens with one attached hydrogen (secondary N) is 1. The molecule has 0 saturated carbocycles. The molecule has 4 nitrogen and oxygen atoms in total. The number of carbonyl (C=O) groups excluding carboxylic acids is 1. The number of amides is 1.